The van der Waals surface area contributed by atoms with Crippen molar-refractivity contribution >= 4 is 17.3 Å². The molecule has 0 aliphatic heterocycles. The maximum Gasteiger partial charge on any atom is 0.247 e. The summed E-state index contributed by atoms with van der Waals surface area (Å²) in [4.78, 5) is 4.62. The standard InChI is InChI=1S/C28H27N5O2/c1-34-24-14-10-22(11-15-24)26-8-5-9-27-31-28(32-33(26)27)30-23-12-16-25(17-13-23)35-19-18-29-20-21-6-3-2-4-7-21/h2-17,29H,18-20H2,1H3,(H,30,32). The van der Waals surface area contributed by atoms with Crippen LogP contribution in [0.3, 0.4) is 0 Å². The molecule has 0 radical (unpaired) electrons. The van der Waals surface area contributed by atoms with Crippen molar-refractivity contribution in [3.8, 4) is 22.8 Å². The monoisotopic (exact) mass is 465 g/mol. The highest BCUT2D eigenvalue weighted by atomic mass is 16.5. The average molecular weight is 466 g/mol. The van der Waals surface area contributed by atoms with Gasteiger partial charge in [0.05, 0.1) is 12.8 Å². The van der Waals surface area contributed by atoms with Crippen LogP contribution in [0.5, 0.6) is 11.5 Å². The van der Waals surface area contributed by atoms with E-state index in [1.165, 1.54) is 5.56 Å². The van der Waals surface area contributed by atoms with E-state index in [4.69, 9.17) is 9.47 Å². The average Bonchev–Trinajstić information content (AvgIpc) is 3.33. The first-order valence-electron chi connectivity index (χ1n) is 11.5. The van der Waals surface area contributed by atoms with E-state index < -0.39 is 0 Å². The smallest absolute Gasteiger partial charge is 0.247 e. The summed E-state index contributed by atoms with van der Waals surface area (Å²) >= 11 is 0. The first-order chi connectivity index (χ1) is 17.3. The van der Waals surface area contributed by atoms with Crippen molar-refractivity contribution < 1.29 is 9.47 Å². The lowest BCUT2D eigenvalue weighted by atomic mass is 10.1. The third kappa shape index (κ3) is 5.59. The number of pyridine rings is 1. The molecule has 0 amide bonds. The van der Waals surface area contributed by atoms with Crippen molar-refractivity contribution in [3.63, 3.8) is 0 Å². The molecule has 0 unspecified atom stereocenters. The fourth-order valence-corrected chi connectivity index (χ4v) is 3.77. The molecule has 5 aromatic rings. The van der Waals surface area contributed by atoms with Gasteiger partial charge in [-0.25, -0.2) is 4.52 Å². The molecule has 0 atom stereocenters. The Bertz CT molecular complexity index is 1370. The number of benzene rings is 3. The Morgan fingerprint density at radius 2 is 1.57 bits per heavy atom. The SMILES string of the molecule is COc1ccc(-c2cccc3nc(Nc4ccc(OCCNCc5ccccc5)cc4)nn23)cc1. The zero-order chi connectivity index (χ0) is 23.9. The first-order valence-corrected chi connectivity index (χ1v) is 11.5. The number of fused-ring (bicyclic) bond motifs is 1. The van der Waals surface area contributed by atoms with Gasteiger partial charge in [-0.05, 0) is 66.2 Å². The van der Waals surface area contributed by atoms with Crippen molar-refractivity contribution in [2.45, 2.75) is 6.54 Å². The predicted molar refractivity (Wildman–Crippen MR) is 138 cm³/mol. The molecular formula is C28H27N5O2. The molecule has 176 valence electrons. The van der Waals surface area contributed by atoms with Crippen molar-refractivity contribution in [2.75, 3.05) is 25.6 Å². The minimum Gasteiger partial charge on any atom is -0.497 e. The third-order valence-corrected chi connectivity index (χ3v) is 5.58. The molecule has 0 saturated heterocycles. The lowest BCUT2D eigenvalue weighted by Gasteiger charge is -2.09. The number of anilines is 2. The number of hydrogen-bond donors (Lipinski definition) is 2. The Kier molecular flexibility index (Phi) is 6.87. The molecular weight excluding hydrogens is 438 g/mol. The van der Waals surface area contributed by atoms with Crippen LogP contribution in [0.15, 0.2) is 97.1 Å². The van der Waals surface area contributed by atoms with Crippen molar-refractivity contribution in [3.05, 3.63) is 103 Å². The van der Waals surface area contributed by atoms with Gasteiger partial charge in [0.15, 0.2) is 5.65 Å². The largest absolute Gasteiger partial charge is 0.497 e. The maximum atomic E-state index is 5.84. The summed E-state index contributed by atoms with van der Waals surface area (Å²) in [5.41, 5.74) is 4.91. The van der Waals surface area contributed by atoms with Gasteiger partial charge in [0.2, 0.25) is 5.95 Å². The van der Waals surface area contributed by atoms with Crippen LogP contribution in [0.1, 0.15) is 5.56 Å². The van der Waals surface area contributed by atoms with Crippen LogP contribution in [0.2, 0.25) is 0 Å². The Morgan fingerprint density at radius 3 is 2.34 bits per heavy atom. The number of rotatable bonds is 10. The van der Waals surface area contributed by atoms with Gasteiger partial charge in [0, 0.05) is 24.3 Å². The molecule has 2 aromatic heterocycles. The van der Waals surface area contributed by atoms with E-state index in [-0.39, 0.29) is 0 Å². The highest BCUT2D eigenvalue weighted by Crippen LogP contribution is 2.24. The molecule has 3 aromatic carbocycles. The zero-order valence-corrected chi connectivity index (χ0v) is 19.5. The lowest BCUT2D eigenvalue weighted by Crippen LogP contribution is -2.20. The minimum absolute atomic E-state index is 0.532. The molecule has 5 rings (SSSR count). The summed E-state index contributed by atoms with van der Waals surface area (Å²) < 4.78 is 12.9. The molecule has 0 spiro atoms. The van der Waals surface area contributed by atoms with Crippen LogP contribution in [0, 0.1) is 0 Å². The van der Waals surface area contributed by atoms with Crippen LogP contribution < -0.4 is 20.1 Å². The molecule has 7 heteroatoms. The summed E-state index contributed by atoms with van der Waals surface area (Å²) in [6.07, 6.45) is 0. The Morgan fingerprint density at radius 1 is 0.800 bits per heavy atom. The van der Waals surface area contributed by atoms with E-state index in [0.717, 1.165) is 47.2 Å². The molecule has 0 saturated carbocycles. The molecule has 0 bridgehead atoms. The second kappa shape index (κ2) is 10.7. The first kappa shape index (κ1) is 22.4. The predicted octanol–water partition coefficient (Wildman–Crippen LogP) is 5.32. The summed E-state index contributed by atoms with van der Waals surface area (Å²) in [6.45, 7) is 2.21. The van der Waals surface area contributed by atoms with Gasteiger partial charge in [0.25, 0.3) is 0 Å². The number of nitrogens with one attached hydrogen (secondary N) is 2. The summed E-state index contributed by atoms with van der Waals surface area (Å²) in [6, 6.07) is 32.0. The molecule has 0 aliphatic rings. The topological polar surface area (TPSA) is 72.7 Å². The Labute approximate surface area is 204 Å². The molecule has 35 heavy (non-hydrogen) atoms. The van der Waals surface area contributed by atoms with Crippen LogP contribution in [-0.4, -0.2) is 34.9 Å². The summed E-state index contributed by atoms with van der Waals surface area (Å²) in [5, 5.41) is 11.3. The summed E-state index contributed by atoms with van der Waals surface area (Å²) in [7, 11) is 1.66. The zero-order valence-electron chi connectivity index (χ0n) is 19.5. The van der Waals surface area contributed by atoms with Crippen molar-refractivity contribution in [1.82, 2.24) is 19.9 Å². The van der Waals surface area contributed by atoms with Gasteiger partial charge < -0.3 is 20.1 Å². The fourth-order valence-electron chi connectivity index (χ4n) is 3.77. The fraction of sp³-hybridized carbons (Fsp3) is 0.143. The van der Waals surface area contributed by atoms with Gasteiger partial charge in [-0.2, -0.15) is 4.98 Å². The van der Waals surface area contributed by atoms with Gasteiger partial charge in [-0.15, -0.1) is 5.10 Å². The maximum absolute atomic E-state index is 5.84. The second-order valence-corrected chi connectivity index (χ2v) is 8.01. The third-order valence-electron chi connectivity index (χ3n) is 5.58. The van der Waals surface area contributed by atoms with Crippen LogP contribution in [0.4, 0.5) is 11.6 Å². The molecule has 0 fully saturated rings. The van der Waals surface area contributed by atoms with Gasteiger partial charge >= 0.3 is 0 Å². The Hall–Kier alpha value is -4.36. The van der Waals surface area contributed by atoms with Crippen molar-refractivity contribution in [1.29, 1.82) is 0 Å². The van der Waals surface area contributed by atoms with E-state index in [9.17, 15) is 0 Å². The molecule has 2 N–H and O–H groups in total. The molecule has 7 nitrogen and oxygen atoms in total. The normalized spacial score (nSPS) is 10.9. The van der Waals surface area contributed by atoms with E-state index in [1.54, 1.807) is 7.11 Å². The lowest BCUT2D eigenvalue weighted by molar-refractivity contribution is 0.313. The number of hydrogen-bond acceptors (Lipinski definition) is 6. The van der Waals surface area contributed by atoms with Gasteiger partial charge in [0.1, 0.15) is 18.1 Å². The van der Waals surface area contributed by atoms with E-state index in [1.807, 2.05) is 89.4 Å². The number of ether oxygens (including phenoxy) is 2. The second-order valence-electron chi connectivity index (χ2n) is 8.01. The van der Waals surface area contributed by atoms with Crippen molar-refractivity contribution in [2.24, 2.45) is 0 Å². The van der Waals surface area contributed by atoms with Crippen LogP contribution in [-0.2, 0) is 6.54 Å². The number of nitrogens with zero attached hydrogens (tertiary/aromatic N) is 3. The van der Waals surface area contributed by atoms with Gasteiger partial charge in [-0.3, -0.25) is 0 Å². The van der Waals surface area contributed by atoms with E-state index >= 15 is 0 Å². The molecule has 2 heterocycles. The number of aromatic nitrogens is 3. The van der Waals surface area contributed by atoms with Crippen LogP contribution in [0.25, 0.3) is 16.9 Å². The highest BCUT2D eigenvalue weighted by molar-refractivity contribution is 5.65. The van der Waals surface area contributed by atoms with E-state index in [2.05, 4.69) is 32.8 Å². The van der Waals surface area contributed by atoms with E-state index in [0.29, 0.717) is 12.6 Å². The Balaban J connectivity index is 1.18. The highest BCUT2D eigenvalue weighted by Gasteiger charge is 2.09. The van der Waals surface area contributed by atoms with Gasteiger partial charge in [-0.1, -0.05) is 36.4 Å². The summed E-state index contributed by atoms with van der Waals surface area (Å²) in [5.74, 6) is 2.17. The van der Waals surface area contributed by atoms with Crippen LogP contribution >= 0.6 is 0 Å². The minimum atomic E-state index is 0.532. The quantitative estimate of drug-likeness (QED) is 0.272. The molecule has 0 aliphatic carbocycles. The number of methoxy groups -OCH3 is 1.